The summed E-state index contributed by atoms with van der Waals surface area (Å²) in [6.07, 6.45) is 0.960. The van der Waals surface area contributed by atoms with Crippen LogP contribution in [-0.4, -0.2) is 12.5 Å². The van der Waals surface area contributed by atoms with Crippen LogP contribution in [0.4, 0.5) is 4.39 Å². The number of carbonyl (C=O) groups excluding carboxylic acids is 1. The molecule has 2 rings (SSSR count). The summed E-state index contributed by atoms with van der Waals surface area (Å²) >= 11 is 6.18. The first-order chi connectivity index (χ1) is 11.0. The van der Waals surface area contributed by atoms with Crippen LogP contribution in [0.25, 0.3) is 0 Å². The molecule has 0 saturated carbocycles. The zero-order valence-corrected chi connectivity index (χ0v) is 13.7. The Morgan fingerprint density at radius 3 is 2.57 bits per heavy atom. The molecule has 1 unspecified atom stereocenters. The molecule has 3 nitrogen and oxygen atoms in total. The number of nitrogens with two attached hydrogens (primary N) is 1. The second-order valence-corrected chi connectivity index (χ2v) is 5.88. The van der Waals surface area contributed by atoms with Gasteiger partial charge in [-0.3, -0.25) is 4.79 Å². The number of amides is 1. The zero-order chi connectivity index (χ0) is 16.8. The van der Waals surface area contributed by atoms with Gasteiger partial charge < -0.3 is 11.1 Å². The van der Waals surface area contributed by atoms with E-state index in [-0.39, 0.29) is 10.9 Å². The highest BCUT2D eigenvalue weighted by molar-refractivity contribution is 6.31. The molecule has 5 heteroatoms. The molecule has 0 spiro atoms. The Labute approximate surface area is 140 Å². The summed E-state index contributed by atoms with van der Waals surface area (Å²) in [4.78, 5) is 12.1. The summed E-state index contributed by atoms with van der Waals surface area (Å²) < 4.78 is 13.3. The van der Waals surface area contributed by atoms with Gasteiger partial charge in [0.25, 0.3) is 0 Å². The SMILES string of the molecule is Cc1ccc(C(NC(=O)CCCN)c2ccc(F)cc2Cl)cc1. The van der Waals surface area contributed by atoms with Crippen LogP contribution in [0.1, 0.15) is 35.6 Å². The molecule has 1 amide bonds. The van der Waals surface area contributed by atoms with E-state index in [1.165, 1.54) is 12.1 Å². The van der Waals surface area contributed by atoms with E-state index < -0.39 is 11.9 Å². The fourth-order valence-electron chi connectivity index (χ4n) is 2.33. The average Bonchev–Trinajstić information content (AvgIpc) is 2.52. The maximum Gasteiger partial charge on any atom is 0.220 e. The van der Waals surface area contributed by atoms with Crippen LogP contribution in [0.3, 0.4) is 0 Å². The maximum absolute atomic E-state index is 13.3. The van der Waals surface area contributed by atoms with Gasteiger partial charge in [0.15, 0.2) is 0 Å². The molecule has 1 atom stereocenters. The van der Waals surface area contributed by atoms with Crippen molar-refractivity contribution in [2.24, 2.45) is 5.73 Å². The molecule has 2 aromatic rings. The molecule has 23 heavy (non-hydrogen) atoms. The van der Waals surface area contributed by atoms with Crippen molar-refractivity contribution in [1.29, 1.82) is 0 Å². The van der Waals surface area contributed by atoms with Crippen LogP contribution >= 0.6 is 11.6 Å². The second kappa shape index (κ2) is 8.09. The topological polar surface area (TPSA) is 55.1 Å². The summed E-state index contributed by atoms with van der Waals surface area (Å²) in [6.45, 7) is 2.45. The van der Waals surface area contributed by atoms with Gasteiger partial charge in [0.05, 0.1) is 6.04 Å². The number of hydrogen-bond donors (Lipinski definition) is 2. The molecule has 0 aliphatic carbocycles. The maximum atomic E-state index is 13.3. The van der Waals surface area contributed by atoms with Crippen LogP contribution < -0.4 is 11.1 Å². The fraction of sp³-hybridized carbons (Fsp3) is 0.278. The standard InChI is InChI=1S/C18H20ClFN2O/c1-12-4-6-13(7-5-12)18(22-17(23)3-2-10-21)15-9-8-14(20)11-16(15)19/h4-9,11,18H,2-3,10,21H2,1H3,(H,22,23). The quantitative estimate of drug-likeness (QED) is 0.845. The Hall–Kier alpha value is -1.91. The number of hydrogen-bond acceptors (Lipinski definition) is 2. The predicted octanol–water partition coefficient (Wildman–Crippen LogP) is 3.73. The molecule has 0 bridgehead atoms. The molecule has 0 fully saturated rings. The largest absolute Gasteiger partial charge is 0.345 e. The van der Waals surface area contributed by atoms with Gasteiger partial charge in [0, 0.05) is 11.4 Å². The van der Waals surface area contributed by atoms with Gasteiger partial charge in [-0.2, -0.15) is 0 Å². The van der Waals surface area contributed by atoms with Crippen LogP contribution in [0, 0.1) is 12.7 Å². The summed E-state index contributed by atoms with van der Waals surface area (Å²) in [5.74, 6) is -0.516. The number of carbonyl (C=O) groups is 1. The highest BCUT2D eigenvalue weighted by atomic mass is 35.5. The highest BCUT2D eigenvalue weighted by Gasteiger charge is 2.19. The zero-order valence-electron chi connectivity index (χ0n) is 13.0. The van der Waals surface area contributed by atoms with Gasteiger partial charge in [0.2, 0.25) is 5.91 Å². The fourth-order valence-corrected chi connectivity index (χ4v) is 2.61. The number of halogens is 2. The van der Waals surface area contributed by atoms with Crippen molar-refractivity contribution in [3.8, 4) is 0 Å². The number of aryl methyl sites for hydroxylation is 1. The van der Waals surface area contributed by atoms with Crippen LogP contribution in [0.5, 0.6) is 0 Å². The smallest absolute Gasteiger partial charge is 0.220 e. The molecule has 0 aliphatic rings. The molecule has 0 aromatic heterocycles. The first kappa shape index (κ1) is 17.4. The molecule has 0 saturated heterocycles. The van der Waals surface area contributed by atoms with E-state index >= 15 is 0 Å². The van der Waals surface area contributed by atoms with E-state index in [0.717, 1.165) is 11.1 Å². The van der Waals surface area contributed by atoms with E-state index in [4.69, 9.17) is 17.3 Å². The molecular formula is C18H20ClFN2O. The van der Waals surface area contributed by atoms with E-state index in [1.807, 2.05) is 31.2 Å². The lowest BCUT2D eigenvalue weighted by Gasteiger charge is -2.21. The first-order valence-electron chi connectivity index (χ1n) is 7.52. The third-order valence-electron chi connectivity index (χ3n) is 3.60. The van der Waals surface area contributed by atoms with E-state index in [0.29, 0.717) is 24.9 Å². The van der Waals surface area contributed by atoms with Gasteiger partial charge in [-0.1, -0.05) is 47.5 Å². The Bertz CT molecular complexity index is 673. The van der Waals surface area contributed by atoms with E-state index in [2.05, 4.69) is 5.32 Å². The Morgan fingerprint density at radius 2 is 1.96 bits per heavy atom. The van der Waals surface area contributed by atoms with Gasteiger partial charge in [0.1, 0.15) is 5.82 Å². The number of benzene rings is 2. The number of rotatable bonds is 6. The van der Waals surface area contributed by atoms with E-state index in [9.17, 15) is 9.18 Å². The molecule has 0 aliphatic heterocycles. The summed E-state index contributed by atoms with van der Waals surface area (Å²) in [5, 5.41) is 3.25. The van der Waals surface area contributed by atoms with Crippen molar-refractivity contribution in [1.82, 2.24) is 5.32 Å². The minimum Gasteiger partial charge on any atom is -0.345 e. The predicted molar refractivity (Wildman–Crippen MR) is 90.9 cm³/mol. The third-order valence-corrected chi connectivity index (χ3v) is 3.92. The Morgan fingerprint density at radius 1 is 1.26 bits per heavy atom. The van der Waals surface area contributed by atoms with E-state index in [1.54, 1.807) is 6.07 Å². The van der Waals surface area contributed by atoms with Crippen molar-refractivity contribution in [2.45, 2.75) is 25.8 Å². The van der Waals surface area contributed by atoms with Gasteiger partial charge >= 0.3 is 0 Å². The molecule has 122 valence electrons. The molecule has 3 N–H and O–H groups in total. The number of nitrogens with one attached hydrogen (secondary N) is 1. The van der Waals surface area contributed by atoms with Crippen LogP contribution in [-0.2, 0) is 4.79 Å². The summed E-state index contributed by atoms with van der Waals surface area (Å²) in [5.41, 5.74) is 8.12. The van der Waals surface area contributed by atoms with Crippen molar-refractivity contribution < 1.29 is 9.18 Å². The van der Waals surface area contributed by atoms with Crippen molar-refractivity contribution in [3.05, 3.63) is 70.0 Å². The van der Waals surface area contributed by atoms with Crippen molar-refractivity contribution >= 4 is 17.5 Å². The molecular weight excluding hydrogens is 315 g/mol. The highest BCUT2D eigenvalue weighted by Crippen LogP contribution is 2.29. The van der Waals surface area contributed by atoms with Crippen LogP contribution in [0.2, 0.25) is 5.02 Å². The molecule has 0 radical (unpaired) electrons. The average molecular weight is 335 g/mol. The first-order valence-corrected chi connectivity index (χ1v) is 7.90. The lowest BCUT2D eigenvalue weighted by atomic mass is 9.97. The minimum atomic E-state index is -0.422. The molecule has 2 aromatic carbocycles. The van der Waals surface area contributed by atoms with Crippen molar-refractivity contribution in [3.63, 3.8) is 0 Å². The minimum absolute atomic E-state index is 0.110. The van der Waals surface area contributed by atoms with Gasteiger partial charge in [-0.15, -0.1) is 0 Å². The van der Waals surface area contributed by atoms with Crippen LogP contribution in [0.15, 0.2) is 42.5 Å². The second-order valence-electron chi connectivity index (χ2n) is 5.47. The van der Waals surface area contributed by atoms with Gasteiger partial charge in [-0.25, -0.2) is 4.39 Å². The lowest BCUT2D eigenvalue weighted by Crippen LogP contribution is -2.29. The Balaban J connectivity index is 2.34. The lowest BCUT2D eigenvalue weighted by molar-refractivity contribution is -0.121. The summed E-state index contributed by atoms with van der Waals surface area (Å²) in [7, 11) is 0. The Kier molecular flexibility index (Phi) is 6.13. The van der Waals surface area contributed by atoms with Gasteiger partial charge in [-0.05, 0) is 43.1 Å². The van der Waals surface area contributed by atoms with Crippen molar-refractivity contribution in [2.75, 3.05) is 6.54 Å². The normalized spacial score (nSPS) is 12.0. The third kappa shape index (κ3) is 4.78. The molecule has 0 heterocycles. The monoisotopic (exact) mass is 334 g/mol. The summed E-state index contributed by atoms with van der Waals surface area (Å²) in [6, 6.07) is 11.6.